The molecule has 0 aliphatic rings. The summed E-state index contributed by atoms with van der Waals surface area (Å²) in [6.45, 7) is 0. The number of methoxy groups -OCH3 is 1. The Labute approximate surface area is 152 Å². The first-order chi connectivity index (χ1) is 12.9. The Bertz CT molecular complexity index is 1140. The number of ether oxygens (including phenoxy) is 1. The zero-order valence-corrected chi connectivity index (χ0v) is 14.2. The summed E-state index contributed by atoms with van der Waals surface area (Å²) >= 11 is 0. The molecule has 0 aliphatic heterocycles. The first kappa shape index (κ1) is 17.9. The molecular formula is C19H16N2O6. The van der Waals surface area contributed by atoms with Crippen molar-refractivity contribution < 1.29 is 29.6 Å². The second-order valence-electron chi connectivity index (χ2n) is 5.71. The number of hydrogen-bond acceptors (Lipinski definition) is 5. The fourth-order valence-corrected chi connectivity index (χ4v) is 2.57. The number of phenols is 2. The van der Waals surface area contributed by atoms with Crippen molar-refractivity contribution in [3.8, 4) is 11.5 Å². The summed E-state index contributed by atoms with van der Waals surface area (Å²) in [5, 5.41) is 28.6. The molecule has 0 saturated carbocycles. The van der Waals surface area contributed by atoms with Gasteiger partial charge in [0.05, 0.1) is 7.11 Å². The minimum atomic E-state index is -1.00. The molecule has 8 nitrogen and oxygen atoms in total. The van der Waals surface area contributed by atoms with Crippen LogP contribution in [-0.2, 0) is 4.74 Å². The van der Waals surface area contributed by atoms with Crippen LogP contribution in [0.3, 0.4) is 0 Å². The normalized spacial score (nSPS) is 10.4. The van der Waals surface area contributed by atoms with Crippen molar-refractivity contribution in [2.24, 2.45) is 0 Å². The molecule has 8 heteroatoms. The summed E-state index contributed by atoms with van der Waals surface area (Å²) < 4.78 is 4.56. The van der Waals surface area contributed by atoms with Crippen LogP contribution in [-0.4, -0.2) is 44.3 Å². The molecule has 0 amide bonds. The molecule has 0 bridgehead atoms. The lowest BCUT2D eigenvalue weighted by Crippen LogP contribution is -2.00. The Morgan fingerprint density at radius 1 is 0.815 bits per heavy atom. The van der Waals surface area contributed by atoms with Crippen LogP contribution in [0.15, 0.2) is 48.5 Å². The number of aromatic nitrogens is 2. The van der Waals surface area contributed by atoms with E-state index < -0.39 is 11.9 Å². The third-order valence-electron chi connectivity index (χ3n) is 3.85. The number of aromatic amines is 2. The highest BCUT2D eigenvalue weighted by Crippen LogP contribution is 2.21. The molecule has 0 unspecified atom stereocenters. The number of rotatable bonds is 2. The van der Waals surface area contributed by atoms with Gasteiger partial charge in [-0.15, -0.1) is 0 Å². The van der Waals surface area contributed by atoms with Gasteiger partial charge in [0.25, 0.3) is 0 Å². The number of carboxylic acid groups (broad SMARTS) is 1. The Kier molecular flexibility index (Phi) is 4.71. The third kappa shape index (κ3) is 3.84. The lowest BCUT2D eigenvalue weighted by atomic mass is 10.2. The van der Waals surface area contributed by atoms with E-state index in [-0.39, 0.29) is 17.2 Å². The molecule has 27 heavy (non-hydrogen) atoms. The van der Waals surface area contributed by atoms with Crippen molar-refractivity contribution in [2.75, 3.05) is 7.11 Å². The smallest absolute Gasteiger partial charge is 0.354 e. The highest BCUT2D eigenvalue weighted by Gasteiger charge is 2.09. The van der Waals surface area contributed by atoms with Gasteiger partial charge in [-0.2, -0.15) is 0 Å². The van der Waals surface area contributed by atoms with Gasteiger partial charge in [0, 0.05) is 33.9 Å². The Morgan fingerprint density at radius 2 is 1.30 bits per heavy atom. The fraction of sp³-hybridized carbons (Fsp3) is 0.0526. The van der Waals surface area contributed by atoms with Crippen LogP contribution in [0.1, 0.15) is 21.0 Å². The summed E-state index contributed by atoms with van der Waals surface area (Å²) in [7, 11) is 1.32. The number of aromatic hydroxyl groups is 2. The van der Waals surface area contributed by atoms with Gasteiger partial charge in [-0.05, 0) is 36.4 Å². The van der Waals surface area contributed by atoms with E-state index in [4.69, 9.17) is 10.2 Å². The average molecular weight is 368 g/mol. The van der Waals surface area contributed by atoms with E-state index in [9.17, 15) is 14.7 Å². The number of benzene rings is 2. The van der Waals surface area contributed by atoms with Crippen LogP contribution < -0.4 is 0 Å². The predicted molar refractivity (Wildman–Crippen MR) is 98.2 cm³/mol. The van der Waals surface area contributed by atoms with Crippen LogP contribution >= 0.6 is 0 Å². The first-order valence-corrected chi connectivity index (χ1v) is 7.82. The first-order valence-electron chi connectivity index (χ1n) is 7.82. The van der Waals surface area contributed by atoms with E-state index in [2.05, 4.69) is 14.7 Å². The van der Waals surface area contributed by atoms with Crippen LogP contribution in [0, 0.1) is 0 Å². The molecule has 4 rings (SSSR count). The summed E-state index contributed by atoms with van der Waals surface area (Å²) in [5.74, 6) is -1.14. The van der Waals surface area contributed by atoms with Gasteiger partial charge in [-0.1, -0.05) is 0 Å². The van der Waals surface area contributed by atoms with Crippen LogP contribution in [0.25, 0.3) is 21.8 Å². The van der Waals surface area contributed by atoms with Gasteiger partial charge in [-0.3, -0.25) is 0 Å². The summed E-state index contributed by atoms with van der Waals surface area (Å²) in [4.78, 5) is 27.2. The summed E-state index contributed by atoms with van der Waals surface area (Å²) in [6.07, 6.45) is 0. The number of nitrogens with one attached hydrogen (secondary N) is 2. The number of H-pyrrole nitrogens is 2. The maximum atomic E-state index is 11.2. The maximum absolute atomic E-state index is 11.2. The van der Waals surface area contributed by atoms with Gasteiger partial charge in [0.15, 0.2) is 0 Å². The van der Waals surface area contributed by atoms with Crippen molar-refractivity contribution >= 4 is 33.7 Å². The van der Waals surface area contributed by atoms with Crippen LogP contribution in [0.2, 0.25) is 0 Å². The van der Waals surface area contributed by atoms with E-state index in [0.29, 0.717) is 16.7 Å². The minimum absolute atomic E-state index is 0.117. The van der Waals surface area contributed by atoms with Gasteiger partial charge in [0.1, 0.15) is 22.9 Å². The Hall–Kier alpha value is -3.94. The largest absolute Gasteiger partial charge is 0.508 e. The monoisotopic (exact) mass is 368 g/mol. The SMILES string of the molecule is COC(=O)c1cc2ccc(O)cc2[nH]1.O=C(O)c1cc2ccc(O)cc2[nH]1. The highest BCUT2D eigenvalue weighted by molar-refractivity contribution is 5.95. The average Bonchev–Trinajstić information content (AvgIpc) is 3.24. The molecule has 5 N–H and O–H groups in total. The second kappa shape index (κ2) is 7.12. The van der Waals surface area contributed by atoms with Crippen molar-refractivity contribution in [1.29, 1.82) is 0 Å². The van der Waals surface area contributed by atoms with Gasteiger partial charge in [0.2, 0.25) is 0 Å². The molecular weight excluding hydrogens is 352 g/mol. The molecule has 0 aliphatic carbocycles. The topological polar surface area (TPSA) is 136 Å². The third-order valence-corrected chi connectivity index (χ3v) is 3.85. The number of fused-ring (bicyclic) bond motifs is 2. The van der Waals surface area contributed by atoms with Gasteiger partial charge in [-0.25, -0.2) is 9.59 Å². The number of carbonyl (C=O) groups is 2. The highest BCUT2D eigenvalue weighted by atomic mass is 16.5. The van der Waals surface area contributed by atoms with Crippen LogP contribution in [0.4, 0.5) is 0 Å². The number of carbonyl (C=O) groups excluding carboxylic acids is 1. The molecule has 138 valence electrons. The molecule has 2 aromatic heterocycles. The lowest BCUT2D eigenvalue weighted by molar-refractivity contribution is 0.0594. The lowest BCUT2D eigenvalue weighted by Gasteiger charge is -1.92. The number of aromatic carboxylic acids is 1. The summed E-state index contributed by atoms with van der Waals surface area (Å²) in [6, 6.07) is 12.7. The molecule has 0 saturated heterocycles. The minimum Gasteiger partial charge on any atom is -0.508 e. The number of hydrogen-bond donors (Lipinski definition) is 5. The molecule has 0 spiro atoms. The van der Waals surface area contributed by atoms with E-state index in [0.717, 1.165) is 10.8 Å². The van der Waals surface area contributed by atoms with Crippen molar-refractivity contribution in [3.63, 3.8) is 0 Å². The van der Waals surface area contributed by atoms with Crippen LogP contribution in [0.5, 0.6) is 11.5 Å². The quantitative estimate of drug-likeness (QED) is 0.345. The molecule has 0 fully saturated rings. The van der Waals surface area contributed by atoms with E-state index in [1.807, 2.05) is 0 Å². The second-order valence-corrected chi connectivity index (χ2v) is 5.71. The van der Waals surface area contributed by atoms with Gasteiger partial charge < -0.3 is 30.0 Å². The number of phenolic OH excluding ortho intramolecular Hbond substituents is 2. The van der Waals surface area contributed by atoms with Crippen molar-refractivity contribution in [1.82, 2.24) is 9.97 Å². The Morgan fingerprint density at radius 3 is 1.78 bits per heavy atom. The summed E-state index contributed by atoms with van der Waals surface area (Å²) in [5.41, 5.74) is 1.84. The molecule has 2 aromatic carbocycles. The van der Waals surface area contributed by atoms with E-state index in [1.54, 1.807) is 30.3 Å². The Balaban J connectivity index is 0.000000156. The number of esters is 1. The maximum Gasteiger partial charge on any atom is 0.354 e. The van der Waals surface area contributed by atoms with Crippen molar-refractivity contribution in [3.05, 3.63) is 59.9 Å². The predicted octanol–water partition coefficient (Wildman–Crippen LogP) is 3.23. The standard InChI is InChI=1S/C10H9NO3.C9H7NO3/c1-14-10(13)9-4-6-2-3-7(12)5-8(6)11-9;11-6-2-1-5-3-8(9(12)13)10-7(5)4-6/h2-5,11-12H,1H3;1-4,10-11H,(H,12,13). The fourth-order valence-electron chi connectivity index (χ4n) is 2.57. The molecule has 0 radical (unpaired) electrons. The molecule has 0 atom stereocenters. The van der Waals surface area contributed by atoms with E-state index in [1.165, 1.54) is 25.3 Å². The molecule has 2 heterocycles. The zero-order valence-electron chi connectivity index (χ0n) is 14.2. The van der Waals surface area contributed by atoms with Gasteiger partial charge >= 0.3 is 11.9 Å². The van der Waals surface area contributed by atoms with Crippen molar-refractivity contribution in [2.45, 2.75) is 0 Å². The zero-order chi connectivity index (χ0) is 19.6. The molecule has 4 aromatic rings. The van der Waals surface area contributed by atoms with E-state index >= 15 is 0 Å². The number of carboxylic acids is 1.